The average Bonchev–Trinajstić information content (AvgIpc) is 2.68. The molecule has 0 unspecified atom stereocenters. The van der Waals surface area contributed by atoms with Gasteiger partial charge in [-0.3, -0.25) is 0 Å². The lowest BCUT2D eigenvalue weighted by molar-refractivity contribution is 0.168. The van der Waals surface area contributed by atoms with Crippen LogP contribution in [0.1, 0.15) is 37.8 Å². The molecule has 0 atom stereocenters. The monoisotopic (exact) mass is 350 g/mol. The number of hydrogen-bond acceptors (Lipinski definition) is 1. The fourth-order valence-electron chi connectivity index (χ4n) is 3.69. The van der Waals surface area contributed by atoms with Gasteiger partial charge in [0.15, 0.2) is 0 Å². The second kappa shape index (κ2) is 8.39. The molecule has 1 fully saturated rings. The van der Waals surface area contributed by atoms with E-state index in [1.165, 1.54) is 11.1 Å². The molecule has 0 aliphatic carbocycles. The number of piperidine rings is 1. The van der Waals surface area contributed by atoms with Gasteiger partial charge < -0.3 is 10.2 Å². The highest BCUT2D eigenvalue weighted by Crippen LogP contribution is 2.23. The number of hydrogen-bond donors (Lipinski definition) is 1. The molecule has 2 aromatic rings. The van der Waals surface area contributed by atoms with E-state index in [0.717, 1.165) is 32.4 Å². The maximum Gasteiger partial charge on any atom is 0.317 e. The molecule has 2 aromatic carbocycles. The van der Waals surface area contributed by atoms with Gasteiger partial charge in [-0.2, -0.15) is 0 Å². The normalized spacial score (nSPS) is 15.7. The quantitative estimate of drug-likeness (QED) is 0.838. The van der Waals surface area contributed by atoms with Crippen LogP contribution in [-0.4, -0.2) is 30.6 Å². The summed E-state index contributed by atoms with van der Waals surface area (Å²) < 4.78 is 0. The van der Waals surface area contributed by atoms with Crippen molar-refractivity contribution in [1.82, 2.24) is 10.2 Å². The lowest BCUT2D eigenvalue weighted by Gasteiger charge is -2.33. The lowest BCUT2D eigenvalue weighted by Crippen LogP contribution is -2.47. The largest absolute Gasteiger partial charge is 0.337 e. The minimum Gasteiger partial charge on any atom is -0.337 e. The smallest absolute Gasteiger partial charge is 0.317 e. The molecule has 3 nitrogen and oxygen atoms in total. The minimum atomic E-state index is -0.0669. The summed E-state index contributed by atoms with van der Waals surface area (Å²) in [5.74, 6) is 0.683. The first-order chi connectivity index (χ1) is 12.5. The van der Waals surface area contributed by atoms with E-state index in [1.807, 2.05) is 11.0 Å². The molecule has 138 valence electrons. The van der Waals surface area contributed by atoms with Crippen molar-refractivity contribution < 1.29 is 4.79 Å². The molecular formula is C23H30N2O. The molecule has 0 radical (unpaired) electrons. The second-order valence-corrected chi connectivity index (χ2v) is 8.03. The number of nitrogens with one attached hydrogen (secondary N) is 1. The van der Waals surface area contributed by atoms with Gasteiger partial charge in [-0.25, -0.2) is 4.79 Å². The number of carbonyl (C=O) groups excluding carboxylic acids is 1. The van der Waals surface area contributed by atoms with Gasteiger partial charge in [-0.15, -0.1) is 0 Å². The average molecular weight is 351 g/mol. The first-order valence-electron chi connectivity index (χ1n) is 9.67. The molecule has 0 aromatic heterocycles. The Kier molecular flexibility index (Phi) is 5.97. The molecule has 1 aliphatic rings. The van der Waals surface area contributed by atoms with Crippen molar-refractivity contribution >= 4 is 6.03 Å². The summed E-state index contributed by atoms with van der Waals surface area (Å²) in [5.41, 5.74) is 2.59. The number of rotatable bonds is 5. The number of benzene rings is 2. The van der Waals surface area contributed by atoms with Crippen LogP contribution in [-0.2, 0) is 11.8 Å². The van der Waals surface area contributed by atoms with Crippen molar-refractivity contribution in [2.75, 3.05) is 19.6 Å². The van der Waals surface area contributed by atoms with Gasteiger partial charge >= 0.3 is 6.03 Å². The molecule has 26 heavy (non-hydrogen) atoms. The molecule has 0 spiro atoms. The SMILES string of the molecule is CC(C)(CNC(=O)N1CCC(Cc2ccccc2)CC1)c1ccccc1. The van der Waals surface area contributed by atoms with Crippen molar-refractivity contribution in [1.29, 1.82) is 0 Å². The van der Waals surface area contributed by atoms with Crippen LogP contribution in [0.3, 0.4) is 0 Å². The maximum absolute atomic E-state index is 12.6. The van der Waals surface area contributed by atoms with Gasteiger partial charge in [0.2, 0.25) is 0 Å². The van der Waals surface area contributed by atoms with Gasteiger partial charge in [0.1, 0.15) is 0 Å². The van der Waals surface area contributed by atoms with Gasteiger partial charge in [-0.1, -0.05) is 74.5 Å². The van der Waals surface area contributed by atoms with E-state index >= 15 is 0 Å². The van der Waals surface area contributed by atoms with E-state index in [0.29, 0.717) is 12.5 Å². The standard InChI is InChI=1S/C23H30N2O/c1-23(2,21-11-7-4-8-12-21)18-24-22(26)25-15-13-20(14-16-25)17-19-9-5-3-6-10-19/h3-12,20H,13-18H2,1-2H3,(H,24,26). The molecule has 3 heteroatoms. The van der Waals surface area contributed by atoms with Crippen molar-refractivity contribution in [3.8, 4) is 0 Å². The highest BCUT2D eigenvalue weighted by Gasteiger charge is 2.25. The number of carbonyl (C=O) groups is 1. The van der Waals surface area contributed by atoms with Crippen LogP contribution < -0.4 is 5.32 Å². The van der Waals surface area contributed by atoms with E-state index in [9.17, 15) is 4.79 Å². The van der Waals surface area contributed by atoms with Crippen LogP contribution in [0.25, 0.3) is 0 Å². The third-order valence-electron chi connectivity index (χ3n) is 5.51. The molecule has 2 amide bonds. The third-order valence-corrected chi connectivity index (χ3v) is 5.51. The highest BCUT2D eigenvalue weighted by molar-refractivity contribution is 5.74. The van der Waals surface area contributed by atoms with Gasteiger partial charge in [0, 0.05) is 25.0 Å². The number of urea groups is 1. The third kappa shape index (κ3) is 4.87. The zero-order chi connectivity index (χ0) is 18.4. The van der Waals surface area contributed by atoms with Crippen molar-refractivity contribution in [2.24, 2.45) is 5.92 Å². The van der Waals surface area contributed by atoms with Gasteiger partial charge in [0.05, 0.1) is 0 Å². The van der Waals surface area contributed by atoms with E-state index in [1.54, 1.807) is 0 Å². The minimum absolute atomic E-state index is 0.0669. The predicted octanol–water partition coefficient (Wildman–Crippen LogP) is 4.63. The van der Waals surface area contributed by atoms with Crippen LogP contribution in [0.15, 0.2) is 60.7 Å². The number of likely N-dealkylation sites (tertiary alicyclic amines) is 1. The summed E-state index contributed by atoms with van der Waals surface area (Å²) in [5, 5.41) is 3.14. The summed E-state index contributed by atoms with van der Waals surface area (Å²) in [4.78, 5) is 14.5. The molecule has 1 aliphatic heterocycles. The summed E-state index contributed by atoms with van der Waals surface area (Å²) in [6.45, 7) is 6.72. The second-order valence-electron chi connectivity index (χ2n) is 8.03. The molecule has 0 bridgehead atoms. The van der Waals surface area contributed by atoms with Gasteiger partial charge in [0.25, 0.3) is 0 Å². The Hall–Kier alpha value is -2.29. The molecule has 1 heterocycles. The summed E-state index contributed by atoms with van der Waals surface area (Å²) in [6.07, 6.45) is 3.30. The summed E-state index contributed by atoms with van der Waals surface area (Å²) in [7, 11) is 0. The van der Waals surface area contributed by atoms with Crippen LogP contribution in [0.5, 0.6) is 0 Å². The molecule has 1 saturated heterocycles. The Morgan fingerprint density at radius 2 is 1.58 bits per heavy atom. The molecule has 1 N–H and O–H groups in total. The van der Waals surface area contributed by atoms with Crippen LogP contribution in [0.4, 0.5) is 4.79 Å². The Labute approximate surface area is 157 Å². The maximum atomic E-state index is 12.6. The molecule has 0 saturated carbocycles. The highest BCUT2D eigenvalue weighted by atomic mass is 16.2. The van der Waals surface area contributed by atoms with Crippen LogP contribution in [0, 0.1) is 5.92 Å². The zero-order valence-electron chi connectivity index (χ0n) is 15.9. The summed E-state index contributed by atoms with van der Waals surface area (Å²) >= 11 is 0. The van der Waals surface area contributed by atoms with E-state index in [2.05, 4.69) is 73.8 Å². The first kappa shape index (κ1) is 18.5. The first-order valence-corrected chi connectivity index (χ1v) is 9.67. The van der Waals surface area contributed by atoms with E-state index < -0.39 is 0 Å². The Balaban J connectivity index is 1.45. The predicted molar refractivity (Wildman–Crippen MR) is 107 cm³/mol. The fourth-order valence-corrected chi connectivity index (χ4v) is 3.69. The molecular weight excluding hydrogens is 320 g/mol. The Morgan fingerprint density at radius 3 is 2.19 bits per heavy atom. The van der Waals surface area contributed by atoms with Crippen molar-refractivity contribution in [2.45, 2.75) is 38.5 Å². The lowest BCUT2D eigenvalue weighted by atomic mass is 9.84. The van der Waals surface area contributed by atoms with E-state index in [4.69, 9.17) is 0 Å². The summed E-state index contributed by atoms with van der Waals surface area (Å²) in [6, 6.07) is 21.1. The zero-order valence-corrected chi connectivity index (χ0v) is 15.9. The van der Waals surface area contributed by atoms with Crippen molar-refractivity contribution in [3.63, 3.8) is 0 Å². The van der Waals surface area contributed by atoms with E-state index in [-0.39, 0.29) is 11.4 Å². The fraction of sp³-hybridized carbons (Fsp3) is 0.435. The molecule has 3 rings (SSSR count). The van der Waals surface area contributed by atoms with Gasteiger partial charge in [-0.05, 0) is 36.3 Å². The number of amides is 2. The van der Waals surface area contributed by atoms with Crippen LogP contribution >= 0.6 is 0 Å². The number of nitrogens with zero attached hydrogens (tertiary/aromatic N) is 1. The Bertz CT molecular complexity index is 689. The topological polar surface area (TPSA) is 32.3 Å². The van der Waals surface area contributed by atoms with Crippen molar-refractivity contribution in [3.05, 3.63) is 71.8 Å². The Morgan fingerprint density at radius 1 is 1.00 bits per heavy atom. The van der Waals surface area contributed by atoms with Crippen LogP contribution in [0.2, 0.25) is 0 Å².